The highest BCUT2D eigenvalue weighted by molar-refractivity contribution is 7.80. The van der Waals surface area contributed by atoms with Gasteiger partial charge in [-0.25, -0.2) is 9.18 Å². The third kappa shape index (κ3) is 5.37. The van der Waals surface area contributed by atoms with E-state index >= 15 is 0 Å². The van der Waals surface area contributed by atoms with Crippen molar-refractivity contribution in [3.8, 4) is 0 Å². The zero-order chi connectivity index (χ0) is 19.1. The molecule has 140 valence electrons. The maximum Gasteiger partial charge on any atom is 0.330 e. The van der Waals surface area contributed by atoms with Gasteiger partial charge in [0.2, 0.25) is 0 Å². The van der Waals surface area contributed by atoms with E-state index < -0.39 is 5.97 Å². The molecule has 1 aliphatic carbocycles. The number of carbonyl (C=O) groups excluding carboxylic acids is 1. The third-order valence-electron chi connectivity index (χ3n) is 4.36. The van der Waals surface area contributed by atoms with Crippen LogP contribution in [0.5, 0.6) is 0 Å². The molecule has 0 aliphatic heterocycles. The Morgan fingerprint density at radius 3 is 2.85 bits per heavy atom. The molecule has 0 saturated heterocycles. The fourth-order valence-corrected chi connectivity index (χ4v) is 3.31. The van der Waals surface area contributed by atoms with Crippen molar-refractivity contribution in [2.75, 3.05) is 13.2 Å². The first-order valence-electron chi connectivity index (χ1n) is 8.85. The van der Waals surface area contributed by atoms with Gasteiger partial charge in [-0.1, -0.05) is 42.5 Å². The van der Waals surface area contributed by atoms with E-state index in [2.05, 4.69) is 10.6 Å². The van der Waals surface area contributed by atoms with E-state index in [1.807, 2.05) is 36.4 Å². The summed E-state index contributed by atoms with van der Waals surface area (Å²) in [4.78, 5) is 11.7. The van der Waals surface area contributed by atoms with Gasteiger partial charge in [0.1, 0.15) is 12.4 Å². The second-order valence-electron chi connectivity index (χ2n) is 6.21. The molecule has 0 bridgehead atoms. The predicted octanol–water partition coefficient (Wildman–Crippen LogP) is 3.53. The molecule has 4 nitrogen and oxygen atoms in total. The minimum atomic E-state index is -0.403. The second kappa shape index (κ2) is 9.28. The number of fused-ring (bicyclic) bond motifs is 1. The molecule has 0 spiro atoms. The molecule has 1 atom stereocenters. The van der Waals surface area contributed by atoms with Crippen LogP contribution >= 0.6 is 12.2 Å². The molecular weight excluding hydrogens is 363 g/mol. The molecule has 2 aromatic rings. The van der Waals surface area contributed by atoms with E-state index in [-0.39, 0.29) is 18.5 Å². The van der Waals surface area contributed by atoms with Crippen LogP contribution in [-0.4, -0.2) is 24.2 Å². The first-order chi connectivity index (χ1) is 13.1. The Kier molecular flexibility index (Phi) is 6.54. The van der Waals surface area contributed by atoms with Crippen molar-refractivity contribution in [2.24, 2.45) is 0 Å². The van der Waals surface area contributed by atoms with Crippen molar-refractivity contribution >= 4 is 29.4 Å². The van der Waals surface area contributed by atoms with Gasteiger partial charge in [-0.2, -0.15) is 0 Å². The van der Waals surface area contributed by atoms with Gasteiger partial charge in [0, 0.05) is 6.08 Å². The molecule has 6 heteroatoms. The summed E-state index contributed by atoms with van der Waals surface area (Å²) in [6.45, 7) is 0.606. The molecule has 3 rings (SSSR count). The fourth-order valence-electron chi connectivity index (χ4n) is 3.06. The lowest BCUT2D eigenvalue weighted by molar-refractivity contribution is -0.137. The lowest BCUT2D eigenvalue weighted by Crippen LogP contribution is -2.38. The van der Waals surface area contributed by atoms with Gasteiger partial charge in [0.25, 0.3) is 0 Å². The topological polar surface area (TPSA) is 50.4 Å². The van der Waals surface area contributed by atoms with Gasteiger partial charge >= 0.3 is 5.97 Å². The van der Waals surface area contributed by atoms with Gasteiger partial charge in [0.15, 0.2) is 5.11 Å². The summed E-state index contributed by atoms with van der Waals surface area (Å²) in [5.41, 5.74) is 2.65. The van der Waals surface area contributed by atoms with Gasteiger partial charge in [-0.3, -0.25) is 0 Å². The number of ether oxygens (including phenoxy) is 1. The summed E-state index contributed by atoms with van der Waals surface area (Å²) >= 11 is 5.28. The van der Waals surface area contributed by atoms with Crippen LogP contribution in [0, 0.1) is 5.82 Å². The molecule has 1 aliphatic rings. The number of esters is 1. The Bertz CT molecular complexity index is 839. The molecule has 2 aromatic carbocycles. The summed E-state index contributed by atoms with van der Waals surface area (Å²) in [7, 11) is 0. The zero-order valence-electron chi connectivity index (χ0n) is 14.8. The molecule has 0 amide bonds. The van der Waals surface area contributed by atoms with Crippen LogP contribution in [0.4, 0.5) is 4.39 Å². The Balaban J connectivity index is 1.36. The quantitative estimate of drug-likeness (QED) is 0.345. The number of carbonyl (C=O) groups is 1. The minimum absolute atomic E-state index is 0.00653. The number of rotatable bonds is 6. The number of hydrogen-bond acceptors (Lipinski definition) is 3. The average Bonchev–Trinajstić information content (AvgIpc) is 3.08. The Hall–Kier alpha value is -2.73. The molecule has 0 radical (unpaired) electrons. The van der Waals surface area contributed by atoms with Gasteiger partial charge in [-0.15, -0.1) is 0 Å². The normalized spacial score (nSPS) is 15.4. The number of thiocarbonyl (C=S) groups is 1. The van der Waals surface area contributed by atoms with Crippen molar-refractivity contribution in [3.05, 3.63) is 77.1 Å². The maximum absolute atomic E-state index is 13.8. The van der Waals surface area contributed by atoms with Crippen molar-refractivity contribution in [1.29, 1.82) is 0 Å². The largest absolute Gasteiger partial charge is 0.461 e. The molecule has 1 unspecified atom stereocenters. The Morgan fingerprint density at radius 2 is 2.04 bits per heavy atom. The van der Waals surface area contributed by atoms with Crippen LogP contribution in [0.2, 0.25) is 0 Å². The minimum Gasteiger partial charge on any atom is -0.461 e. The average molecular weight is 384 g/mol. The fraction of sp³-hybridized carbons (Fsp3) is 0.238. The van der Waals surface area contributed by atoms with Crippen LogP contribution in [-0.2, 0) is 16.0 Å². The van der Waals surface area contributed by atoms with Crippen molar-refractivity contribution in [3.63, 3.8) is 0 Å². The molecule has 2 N–H and O–H groups in total. The van der Waals surface area contributed by atoms with Gasteiger partial charge in [0.05, 0.1) is 12.6 Å². The molecular formula is C21H21FN2O2S. The number of nitrogens with one attached hydrogen (secondary N) is 2. The van der Waals surface area contributed by atoms with Crippen LogP contribution in [0.25, 0.3) is 6.08 Å². The highest BCUT2D eigenvalue weighted by Crippen LogP contribution is 2.32. The molecule has 27 heavy (non-hydrogen) atoms. The summed E-state index contributed by atoms with van der Waals surface area (Å²) in [6, 6.07) is 14.7. The van der Waals surface area contributed by atoms with Crippen molar-refractivity contribution < 1.29 is 13.9 Å². The van der Waals surface area contributed by atoms with E-state index in [4.69, 9.17) is 17.0 Å². The van der Waals surface area contributed by atoms with Crippen LogP contribution < -0.4 is 10.6 Å². The van der Waals surface area contributed by atoms with Gasteiger partial charge in [-0.05, 0) is 53.9 Å². The van der Waals surface area contributed by atoms with E-state index in [1.54, 1.807) is 12.1 Å². The predicted molar refractivity (Wildman–Crippen MR) is 108 cm³/mol. The van der Waals surface area contributed by atoms with Crippen LogP contribution in [0.15, 0.2) is 54.6 Å². The van der Waals surface area contributed by atoms with E-state index in [9.17, 15) is 9.18 Å². The molecule has 0 saturated carbocycles. The first-order valence-corrected chi connectivity index (χ1v) is 9.26. The van der Waals surface area contributed by atoms with Gasteiger partial charge < -0.3 is 15.4 Å². The van der Waals surface area contributed by atoms with E-state index in [0.29, 0.717) is 18.1 Å². The van der Waals surface area contributed by atoms with Crippen molar-refractivity contribution in [1.82, 2.24) is 10.6 Å². The zero-order valence-corrected chi connectivity index (χ0v) is 15.6. The van der Waals surface area contributed by atoms with Crippen molar-refractivity contribution in [2.45, 2.75) is 18.9 Å². The molecule has 0 aromatic heterocycles. The number of benzene rings is 2. The summed E-state index contributed by atoms with van der Waals surface area (Å²) in [5, 5.41) is 6.67. The van der Waals surface area contributed by atoms with E-state index in [0.717, 1.165) is 23.1 Å². The second-order valence-corrected chi connectivity index (χ2v) is 6.62. The first kappa shape index (κ1) is 19.0. The number of hydrogen-bond donors (Lipinski definition) is 2. The van der Waals surface area contributed by atoms with Crippen LogP contribution in [0.3, 0.4) is 0 Å². The highest BCUT2D eigenvalue weighted by atomic mass is 32.1. The Labute approximate surface area is 163 Å². The number of halogens is 1. The highest BCUT2D eigenvalue weighted by Gasteiger charge is 2.25. The standard InChI is InChI=1S/C21H21FN2O2S/c22-18-8-4-7-17-16(18)10-11-19(17)24-21(27)23-13-14-26-20(25)12-9-15-5-2-1-3-6-15/h1-9,12,19H,10-11,13-14H2,(H2,23,24,27). The van der Waals surface area contributed by atoms with Crippen LogP contribution in [0.1, 0.15) is 29.2 Å². The van der Waals surface area contributed by atoms with E-state index in [1.165, 1.54) is 12.1 Å². The Morgan fingerprint density at radius 1 is 1.22 bits per heavy atom. The SMILES string of the molecule is O=C(C=Cc1ccccc1)OCCNC(=S)NC1CCc2c(F)cccc21. The smallest absolute Gasteiger partial charge is 0.330 e. The lowest BCUT2D eigenvalue weighted by Gasteiger charge is -2.17. The third-order valence-corrected chi connectivity index (χ3v) is 4.62. The summed E-state index contributed by atoms with van der Waals surface area (Å²) < 4.78 is 18.9. The molecule has 0 heterocycles. The summed E-state index contributed by atoms with van der Waals surface area (Å²) in [5.74, 6) is -0.564. The monoisotopic (exact) mass is 384 g/mol. The lowest BCUT2D eigenvalue weighted by atomic mass is 10.1. The maximum atomic E-state index is 13.8. The summed E-state index contributed by atoms with van der Waals surface area (Å²) in [6.07, 6.45) is 4.61. The molecule has 0 fully saturated rings.